The molecule has 0 bridgehead atoms. The molecule has 5 heterocycles. The number of nitrogens with one attached hydrogen (secondary N) is 1. The Morgan fingerprint density at radius 3 is 2.67 bits per heavy atom. The fourth-order valence-electron chi connectivity index (χ4n) is 5.00. The second kappa shape index (κ2) is 14.3. The molecule has 0 spiro atoms. The van der Waals surface area contributed by atoms with Crippen molar-refractivity contribution in [2.45, 2.75) is 34.9 Å². The number of benzene rings is 1. The highest BCUT2D eigenvalue weighted by atomic mass is 32.2. The molecule has 268 valence electrons. The predicted molar refractivity (Wildman–Crippen MR) is 183 cm³/mol. The van der Waals surface area contributed by atoms with Crippen LogP contribution in [0.5, 0.6) is 11.5 Å². The number of aromatic hydroxyl groups is 2. The van der Waals surface area contributed by atoms with E-state index in [1.165, 1.54) is 33.4 Å². The average molecular weight is 778 g/mol. The van der Waals surface area contributed by atoms with Crippen LogP contribution in [0.15, 0.2) is 56.0 Å². The third-order valence-corrected chi connectivity index (χ3v) is 12.2. The molecular formula is C28H27N9O10S4. The van der Waals surface area contributed by atoms with E-state index in [4.69, 9.17) is 10.6 Å². The van der Waals surface area contributed by atoms with Crippen molar-refractivity contribution in [3.05, 3.63) is 58.1 Å². The Balaban J connectivity index is 1.15. The van der Waals surface area contributed by atoms with Gasteiger partial charge in [-0.1, -0.05) is 5.16 Å². The zero-order chi connectivity index (χ0) is 36.6. The highest BCUT2D eigenvalue weighted by molar-refractivity contribution is 8.01. The zero-order valence-corrected chi connectivity index (χ0v) is 29.4. The van der Waals surface area contributed by atoms with E-state index < -0.39 is 68.6 Å². The fourth-order valence-corrected chi connectivity index (χ4v) is 9.18. The molecule has 2 aliphatic rings. The Bertz CT molecular complexity index is 2240. The van der Waals surface area contributed by atoms with Gasteiger partial charge in [0.2, 0.25) is 0 Å². The van der Waals surface area contributed by atoms with Crippen LogP contribution in [-0.4, -0.2) is 117 Å². The van der Waals surface area contributed by atoms with E-state index in [9.17, 15) is 43.2 Å². The minimum atomic E-state index is -3.99. The quantitative estimate of drug-likeness (QED) is 0.0200. The number of sulfone groups is 1. The lowest BCUT2D eigenvalue weighted by Crippen LogP contribution is -2.71. The first-order chi connectivity index (χ1) is 24.3. The summed E-state index contributed by atoms with van der Waals surface area (Å²) >= 11 is 3.51. The summed E-state index contributed by atoms with van der Waals surface area (Å²) in [5.74, 6) is -3.77. The number of thiazole rings is 1. The van der Waals surface area contributed by atoms with Crippen LogP contribution in [0.4, 0.5) is 5.13 Å². The third-order valence-electron chi connectivity index (χ3n) is 7.41. The van der Waals surface area contributed by atoms with Gasteiger partial charge in [-0.15, -0.1) is 40.0 Å². The Morgan fingerprint density at radius 2 is 1.98 bits per heavy atom. The number of nitrogen functional groups attached to an aromatic ring is 1. The van der Waals surface area contributed by atoms with Crippen molar-refractivity contribution in [3.63, 3.8) is 0 Å². The van der Waals surface area contributed by atoms with Gasteiger partial charge in [0.1, 0.15) is 41.0 Å². The monoisotopic (exact) mass is 777 g/mol. The number of aliphatic hydroxyl groups is 1. The van der Waals surface area contributed by atoms with Crippen LogP contribution < -0.4 is 11.1 Å². The van der Waals surface area contributed by atoms with Crippen LogP contribution in [0.1, 0.15) is 17.2 Å². The lowest BCUT2D eigenvalue weighted by molar-refractivity contribution is -0.150. The van der Waals surface area contributed by atoms with Crippen LogP contribution in [0.2, 0.25) is 0 Å². The van der Waals surface area contributed by atoms with Gasteiger partial charge in [0, 0.05) is 28.6 Å². The molecule has 0 radical (unpaired) electrons. The molecule has 6 rings (SSSR count). The van der Waals surface area contributed by atoms with Crippen LogP contribution in [0.25, 0.3) is 5.78 Å². The SMILES string of the molecule is Cc1cc(SCC2=C(C(=O)O)N3C(=O)[C@@H](NC(=O)/C(=N\OCCS(=O)(=O)c4ccc(O)c(O)c4)c4csc(N)n4)[C@H]3SC2)n2nc(CO)nc2n1. The Labute approximate surface area is 300 Å². The molecule has 0 saturated carbocycles. The maximum absolute atomic E-state index is 13.4. The number of β-lactam (4-membered cyclic amide) rings is 1. The van der Waals surface area contributed by atoms with Crippen LogP contribution >= 0.6 is 34.9 Å². The number of amides is 2. The number of aromatic nitrogens is 5. The smallest absolute Gasteiger partial charge is 0.352 e. The standard InChI is InChI=1S/C28H27N9O10S4/c1-12-6-19(37-28(30-12)32-18(8-38)34-37)48-9-13-10-49-25-21(24(42)36(25)22(13)26(43)44)33-23(41)20(15-11-50-27(29)31-15)35-47-4-5-51(45,46)14-2-3-16(39)17(40)7-14/h2-3,6-7,11,21,25,38-40H,4-5,8-10H2,1H3,(H2,29,31)(H,33,41)(H,43,44)/b35-20-/t21-,25-/m1/s1. The van der Waals surface area contributed by atoms with Gasteiger partial charge in [0.25, 0.3) is 17.6 Å². The number of rotatable bonds is 13. The number of aryl methyl sites for hydroxylation is 1. The van der Waals surface area contributed by atoms with Gasteiger partial charge in [-0.25, -0.2) is 23.2 Å². The van der Waals surface area contributed by atoms with Gasteiger partial charge >= 0.3 is 5.97 Å². The summed E-state index contributed by atoms with van der Waals surface area (Å²) < 4.78 is 26.8. The maximum atomic E-state index is 13.4. The minimum Gasteiger partial charge on any atom is -0.504 e. The lowest BCUT2D eigenvalue weighted by atomic mass is 10.0. The van der Waals surface area contributed by atoms with Crippen molar-refractivity contribution < 1.29 is 48.1 Å². The maximum Gasteiger partial charge on any atom is 0.352 e. The number of anilines is 1. The average Bonchev–Trinajstić information content (AvgIpc) is 3.72. The van der Waals surface area contributed by atoms with E-state index in [1.807, 2.05) is 0 Å². The highest BCUT2D eigenvalue weighted by Gasteiger charge is 2.54. The number of aliphatic carboxylic acids is 1. The molecule has 0 unspecified atom stereocenters. The van der Waals surface area contributed by atoms with Crippen molar-refractivity contribution in [2.24, 2.45) is 5.16 Å². The number of carboxylic acids is 1. The van der Waals surface area contributed by atoms with Crippen molar-refractivity contribution in [3.8, 4) is 11.5 Å². The Hall–Kier alpha value is -4.97. The highest BCUT2D eigenvalue weighted by Crippen LogP contribution is 2.41. The van der Waals surface area contributed by atoms with E-state index in [2.05, 4.69) is 30.5 Å². The molecule has 1 fully saturated rings. The van der Waals surface area contributed by atoms with Crippen molar-refractivity contribution in [1.29, 1.82) is 0 Å². The number of nitrogens with zero attached hydrogens (tertiary/aromatic N) is 7. The number of thioether (sulfide) groups is 2. The number of phenolic OH excluding ortho intramolecular Hbond substituents is 2. The molecule has 4 aromatic rings. The second-order valence-electron chi connectivity index (χ2n) is 10.9. The van der Waals surface area contributed by atoms with Gasteiger partial charge in [-0.2, -0.15) is 9.50 Å². The molecule has 2 atom stereocenters. The first-order valence-corrected chi connectivity index (χ1v) is 19.2. The van der Waals surface area contributed by atoms with Crippen molar-refractivity contribution in [1.82, 2.24) is 34.8 Å². The Morgan fingerprint density at radius 1 is 1.20 bits per heavy atom. The number of phenols is 2. The van der Waals surface area contributed by atoms with Crippen LogP contribution in [-0.2, 0) is 35.7 Å². The normalized spacial score (nSPS) is 17.7. The summed E-state index contributed by atoms with van der Waals surface area (Å²) in [5.41, 5.74) is 6.22. The van der Waals surface area contributed by atoms with Crippen LogP contribution in [0.3, 0.4) is 0 Å². The first kappa shape index (κ1) is 35.8. The number of oxime groups is 1. The van der Waals surface area contributed by atoms with E-state index >= 15 is 0 Å². The number of nitrogens with two attached hydrogens (primary N) is 1. The summed E-state index contributed by atoms with van der Waals surface area (Å²) in [6, 6.07) is 3.61. The molecule has 0 aliphatic carbocycles. The van der Waals surface area contributed by atoms with E-state index in [0.29, 0.717) is 16.3 Å². The third kappa shape index (κ3) is 7.28. The summed E-state index contributed by atoms with van der Waals surface area (Å²) in [7, 11) is -3.99. The number of carbonyl (C=O) groups excluding carboxylic acids is 2. The molecule has 19 nitrogen and oxygen atoms in total. The second-order valence-corrected chi connectivity index (χ2v) is 16.0. The van der Waals surface area contributed by atoms with Gasteiger partial charge in [-0.05, 0) is 30.7 Å². The number of hydrogen-bond acceptors (Lipinski definition) is 18. The molecule has 3 aromatic heterocycles. The summed E-state index contributed by atoms with van der Waals surface area (Å²) in [6.45, 7) is 0.855. The molecule has 2 amide bonds. The molecule has 7 N–H and O–H groups in total. The van der Waals surface area contributed by atoms with Gasteiger partial charge < -0.3 is 36.3 Å². The summed E-state index contributed by atoms with van der Waals surface area (Å²) in [6.07, 6.45) is 0. The number of fused-ring (bicyclic) bond motifs is 2. The van der Waals surface area contributed by atoms with E-state index in [0.717, 1.165) is 34.4 Å². The number of carbonyl (C=O) groups is 3. The first-order valence-electron chi connectivity index (χ1n) is 14.6. The van der Waals surface area contributed by atoms with Gasteiger partial charge in [-0.3, -0.25) is 14.5 Å². The molecule has 23 heteroatoms. The fraction of sp³-hybridized carbons (Fsp3) is 0.286. The van der Waals surface area contributed by atoms with Crippen molar-refractivity contribution in [2.75, 3.05) is 29.6 Å². The Kier molecular flexibility index (Phi) is 10.1. The van der Waals surface area contributed by atoms with E-state index in [1.54, 1.807) is 13.0 Å². The van der Waals surface area contributed by atoms with Crippen molar-refractivity contribution >= 4 is 79.1 Å². The summed E-state index contributed by atoms with van der Waals surface area (Å²) in [4.78, 5) is 57.8. The minimum absolute atomic E-state index is 0.00869. The largest absolute Gasteiger partial charge is 0.504 e. The number of hydrogen-bond donors (Lipinski definition) is 6. The molecule has 1 aromatic carbocycles. The van der Waals surface area contributed by atoms with Crippen LogP contribution in [0, 0.1) is 6.92 Å². The lowest BCUT2D eigenvalue weighted by Gasteiger charge is -2.49. The van der Waals surface area contributed by atoms with E-state index in [-0.39, 0.29) is 51.1 Å². The number of aliphatic hydroxyl groups excluding tert-OH is 1. The predicted octanol–water partition coefficient (Wildman–Crippen LogP) is 0.100. The zero-order valence-electron chi connectivity index (χ0n) is 26.2. The molecule has 51 heavy (non-hydrogen) atoms. The van der Waals surface area contributed by atoms with Gasteiger partial charge in [0.05, 0.1) is 10.6 Å². The number of carboxylic acid groups (broad SMARTS) is 1. The summed E-state index contributed by atoms with van der Waals surface area (Å²) in [5, 5.41) is 50.6. The molecule has 1 saturated heterocycles. The molecular weight excluding hydrogens is 751 g/mol. The topological polar surface area (TPSA) is 285 Å². The molecule has 2 aliphatic heterocycles. The van der Waals surface area contributed by atoms with Gasteiger partial charge in [0.15, 0.2) is 38.0 Å².